The Hall–Kier alpha value is -1.77. The van der Waals surface area contributed by atoms with Crippen molar-refractivity contribution in [3.05, 3.63) is 41.5 Å². The predicted octanol–water partition coefficient (Wildman–Crippen LogP) is 5.19. The number of aryl methyl sites for hydroxylation is 1. The second kappa shape index (κ2) is 6.62. The van der Waals surface area contributed by atoms with Gasteiger partial charge in [-0.05, 0) is 69.6 Å². The number of benzene rings is 1. The Balaban J connectivity index is 1.89. The van der Waals surface area contributed by atoms with Crippen LogP contribution in [-0.2, 0) is 11.2 Å². The van der Waals surface area contributed by atoms with Crippen molar-refractivity contribution in [3.8, 4) is 0 Å². The zero-order valence-corrected chi connectivity index (χ0v) is 15.3. The molecule has 3 nitrogen and oxygen atoms in total. The highest BCUT2D eigenvalue weighted by atomic mass is 16.6. The molecule has 1 fully saturated rings. The van der Waals surface area contributed by atoms with Crippen LogP contribution in [-0.4, -0.2) is 28.7 Å². The Labute approximate surface area is 145 Å². The normalized spacial score (nSPS) is 23.7. The maximum atomic E-state index is 12.7. The SMILES string of the molecule is CCc1ccccc1C1=CC2CCCC(C1)N2C(=O)OC(C)(C)C. The molecule has 0 aromatic heterocycles. The summed E-state index contributed by atoms with van der Waals surface area (Å²) < 4.78 is 5.66. The van der Waals surface area contributed by atoms with Crippen LogP contribution in [0.25, 0.3) is 5.57 Å². The van der Waals surface area contributed by atoms with Crippen molar-refractivity contribution < 1.29 is 9.53 Å². The maximum absolute atomic E-state index is 12.7. The fourth-order valence-electron chi connectivity index (χ4n) is 3.97. The molecular weight excluding hydrogens is 298 g/mol. The van der Waals surface area contributed by atoms with Crippen LogP contribution in [0.3, 0.4) is 0 Å². The largest absolute Gasteiger partial charge is 0.444 e. The molecule has 2 aliphatic rings. The summed E-state index contributed by atoms with van der Waals surface area (Å²) in [4.78, 5) is 14.7. The number of carbonyl (C=O) groups is 1. The Morgan fingerprint density at radius 3 is 2.67 bits per heavy atom. The van der Waals surface area contributed by atoms with E-state index in [1.165, 1.54) is 23.1 Å². The number of piperidine rings is 1. The molecule has 24 heavy (non-hydrogen) atoms. The molecule has 2 atom stereocenters. The van der Waals surface area contributed by atoms with Gasteiger partial charge in [-0.1, -0.05) is 37.3 Å². The van der Waals surface area contributed by atoms with Gasteiger partial charge in [0, 0.05) is 6.04 Å². The van der Waals surface area contributed by atoms with E-state index in [1.54, 1.807) is 0 Å². The first-order valence-electron chi connectivity index (χ1n) is 9.19. The lowest BCUT2D eigenvalue weighted by atomic mass is 9.82. The van der Waals surface area contributed by atoms with Crippen LogP contribution in [0.1, 0.15) is 64.5 Å². The highest BCUT2D eigenvalue weighted by Gasteiger charge is 2.39. The molecule has 1 saturated heterocycles. The van der Waals surface area contributed by atoms with Crippen molar-refractivity contribution in [2.45, 2.75) is 77.5 Å². The molecular formula is C21H29NO2. The smallest absolute Gasteiger partial charge is 0.411 e. The minimum Gasteiger partial charge on any atom is -0.444 e. The van der Waals surface area contributed by atoms with E-state index in [0.29, 0.717) is 0 Å². The molecule has 0 N–H and O–H groups in total. The number of fused-ring (bicyclic) bond motifs is 2. The predicted molar refractivity (Wildman–Crippen MR) is 97.9 cm³/mol. The quantitative estimate of drug-likeness (QED) is 0.747. The first-order valence-corrected chi connectivity index (χ1v) is 9.19. The molecule has 2 aliphatic heterocycles. The van der Waals surface area contributed by atoms with Crippen LogP contribution in [0.2, 0.25) is 0 Å². The Morgan fingerprint density at radius 1 is 1.25 bits per heavy atom. The maximum Gasteiger partial charge on any atom is 0.411 e. The van der Waals surface area contributed by atoms with Gasteiger partial charge in [0.15, 0.2) is 0 Å². The van der Waals surface area contributed by atoms with Gasteiger partial charge in [0.2, 0.25) is 0 Å². The Morgan fingerprint density at radius 2 is 2.00 bits per heavy atom. The zero-order valence-electron chi connectivity index (χ0n) is 15.3. The number of nitrogens with zero attached hydrogens (tertiary/aromatic N) is 1. The summed E-state index contributed by atoms with van der Waals surface area (Å²) in [6, 6.07) is 9.11. The zero-order chi connectivity index (χ0) is 17.3. The van der Waals surface area contributed by atoms with Crippen molar-refractivity contribution in [1.82, 2.24) is 4.90 Å². The van der Waals surface area contributed by atoms with Gasteiger partial charge in [0.25, 0.3) is 0 Å². The number of hydrogen-bond donors (Lipinski definition) is 0. The fraction of sp³-hybridized carbons (Fsp3) is 0.571. The third kappa shape index (κ3) is 3.50. The van der Waals surface area contributed by atoms with Crippen LogP contribution in [0, 0.1) is 0 Å². The second-order valence-corrected chi connectivity index (χ2v) is 7.95. The van der Waals surface area contributed by atoms with E-state index in [0.717, 1.165) is 25.7 Å². The lowest BCUT2D eigenvalue weighted by Gasteiger charge is -2.45. The molecule has 1 aromatic rings. The molecule has 1 aromatic carbocycles. The Kier molecular flexibility index (Phi) is 4.71. The lowest BCUT2D eigenvalue weighted by molar-refractivity contribution is 0.0000844. The minimum atomic E-state index is -0.440. The molecule has 0 radical (unpaired) electrons. The number of ether oxygens (including phenoxy) is 1. The average molecular weight is 327 g/mol. The van der Waals surface area contributed by atoms with Gasteiger partial charge >= 0.3 is 6.09 Å². The lowest BCUT2D eigenvalue weighted by Crippen LogP contribution is -2.53. The van der Waals surface area contributed by atoms with Gasteiger partial charge in [0.1, 0.15) is 5.60 Å². The molecule has 2 bridgehead atoms. The summed E-state index contributed by atoms with van der Waals surface area (Å²) in [6.45, 7) is 8.01. The molecule has 0 saturated carbocycles. The van der Waals surface area contributed by atoms with Crippen LogP contribution in [0.15, 0.2) is 30.3 Å². The first kappa shape index (κ1) is 17.1. The molecule has 3 rings (SSSR count). The molecule has 130 valence electrons. The standard InChI is InChI=1S/C21H29NO2/c1-5-15-9-6-7-12-19(15)16-13-17-10-8-11-18(14-16)22(17)20(23)24-21(2,3)4/h6-7,9,12-13,17-18H,5,8,10-11,14H2,1-4H3. The van der Waals surface area contributed by atoms with Gasteiger partial charge in [-0.15, -0.1) is 0 Å². The number of rotatable bonds is 2. The summed E-state index contributed by atoms with van der Waals surface area (Å²) >= 11 is 0. The average Bonchev–Trinajstić information content (AvgIpc) is 2.52. The van der Waals surface area contributed by atoms with E-state index in [2.05, 4.69) is 37.3 Å². The van der Waals surface area contributed by atoms with Gasteiger partial charge in [-0.2, -0.15) is 0 Å². The molecule has 3 heteroatoms. The molecule has 0 aliphatic carbocycles. The van der Waals surface area contributed by atoms with Crippen molar-refractivity contribution in [2.75, 3.05) is 0 Å². The molecule has 2 unspecified atom stereocenters. The van der Waals surface area contributed by atoms with Crippen LogP contribution >= 0.6 is 0 Å². The summed E-state index contributed by atoms with van der Waals surface area (Å²) in [5, 5.41) is 0. The molecule has 2 heterocycles. The number of amides is 1. The van der Waals surface area contributed by atoms with Crippen molar-refractivity contribution in [2.24, 2.45) is 0 Å². The van der Waals surface area contributed by atoms with E-state index in [-0.39, 0.29) is 18.2 Å². The monoisotopic (exact) mass is 327 g/mol. The van der Waals surface area contributed by atoms with Crippen LogP contribution < -0.4 is 0 Å². The fourth-order valence-corrected chi connectivity index (χ4v) is 3.97. The number of hydrogen-bond acceptors (Lipinski definition) is 2. The first-order chi connectivity index (χ1) is 11.4. The third-order valence-corrected chi connectivity index (χ3v) is 4.99. The van der Waals surface area contributed by atoms with Gasteiger partial charge in [-0.25, -0.2) is 4.79 Å². The summed E-state index contributed by atoms with van der Waals surface area (Å²) in [6.07, 6.45) is 7.43. The highest BCUT2D eigenvalue weighted by molar-refractivity contribution is 5.75. The Bertz CT molecular complexity index is 641. The van der Waals surface area contributed by atoms with Gasteiger partial charge in [0.05, 0.1) is 6.04 Å². The third-order valence-electron chi connectivity index (χ3n) is 4.99. The van der Waals surface area contributed by atoms with Crippen molar-refractivity contribution >= 4 is 11.7 Å². The molecule has 1 amide bonds. The van der Waals surface area contributed by atoms with Crippen molar-refractivity contribution in [1.29, 1.82) is 0 Å². The van der Waals surface area contributed by atoms with E-state index in [4.69, 9.17) is 4.74 Å². The summed E-state index contributed by atoms with van der Waals surface area (Å²) in [5.74, 6) is 0. The second-order valence-electron chi connectivity index (χ2n) is 7.95. The van der Waals surface area contributed by atoms with E-state index in [1.807, 2.05) is 25.7 Å². The summed E-state index contributed by atoms with van der Waals surface area (Å²) in [7, 11) is 0. The van der Waals surface area contributed by atoms with Gasteiger partial charge in [-0.3, -0.25) is 4.90 Å². The van der Waals surface area contributed by atoms with Gasteiger partial charge < -0.3 is 4.74 Å². The minimum absolute atomic E-state index is 0.156. The van der Waals surface area contributed by atoms with Crippen molar-refractivity contribution in [3.63, 3.8) is 0 Å². The van der Waals surface area contributed by atoms with E-state index in [9.17, 15) is 4.79 Å². The topological polar surface area (TPSA) is 29.5 Å². The summed E-state index contributed by atoms with van der Waals surface area (Å²) in [5.41, 5.74) is 3.72. The van der Waals surface area contributed by atoms with Crippen LogP contribution in [0.4, 0.5) is 4.79 Å². The highest BCUT2D eigenvalue weighted by Crippen LogP contribution is 2.38. The van der Waals surface area contributed by atoms with E-state index < -0.39 is 5.60 Å². The van der Waals surface area contributed by atoms with E-state index >= 15 is 0 Å². The number of carbonyl (C=O) groups excluding carboxylic acids is 1. The molecule has 0 spiro atoms. The van der Waals surface area contributed by atoms with Crippen LogP contribution in [0.5, 0.6) is 0 Å².